The number of thiophene rings is 1. The second-order valence-electron chi connectivity index (χ2n) is 5.61. The Balaban J connectivity index is 1.76. The molecule has 0 saturated heterocycles. The average molecular weight is 371 g/mol. The van der Waals surface area contributed by atoms with Crippen molar-refractivity contribution >= 4 is 23.2 Å². The molecule has 1 unspecified atom stereocenters. The van der Waals surface area contributed by atoms with Crippen LogP contribution in [0.25, 0.3) is 0 Å². The summed E-state index contributed by atoms with van der Waals surface area (Å²) in [6, 6.07) is 11.7. The van der Waals surface area contributed by atoms with E-state index in [-0.39, 0.29) is 18.5 Å². The van der Waals surface area contributed by atoms with E-state index in [2.05, 4.69) is 22.3 Å². The van der Waals surface area contributed by atoms with Crippen molar-refractivity contribution in [3.8, 4) is 0 Å². The number of nitrogens with zero attached hydrogens (tertiary/aromatic N) is 4. The third kappa shape index (κ3) is 4.12. The molecule has 1 amide bonds. The monoisotopic (exact) mass is 371 g/mol. The number of hydrogen-bond acceptors (Lipinski definition) is 6. The van der Waals surface area contributed by atoms with Crippen LogP contribution >= 0.6 is 11.3 Å². The molecule has 2 heterocycles. The third-order valence-electron chi connectivity index (χ3n) is 3.85. The molecule has 0 saturated carbocycles. The van der Waals surface area contributed by atoms with Crippen LogP contribution in [0.1, 0.15) is 29.0 Å². The van der Waals surface area contributed by atoms with Crippen LogP contribution in [0.4, 0.5) is 5.95 Å². The second kappa shape index (κ2) is 7.87. The first-order valence-electron chi connectivity index (χ1n) is 8.02. The van der Waals surface area contributed by atoms with Crippen molar-refractivity contribution in [2.24, 2.45) is 0 Å². The first-order chi connectivity index (χ1) is 12.6. The highest BCUT2D eigenvalue weighted by molar-refractivity contribution is 7.10. The molecule has 3 aromatic rings. The fourth-order valence-electron chi connectivity index (χ4n) is 2.52. The summed E-state index contributed by atoms with van der Waals surface area (Å²) < 4.78 is 1.15. The van der Waals surface area contributed by atoms with Crippen LogP contribution in [-0.4, -0.2) is 25.6 Å². The third-order valence-corrected chi connectivity index (χ3v) is 4.78. The van der Waals surface area contributed by atoms with E-state index < -0.39 is 10.9 Å². The van der Waals surface area contributed by atoms with Gasteiger partial charge < -0.3 is 15.4 Å². The molecule has 9 heteroatoms. The van der Waals surface area contributed by atoms with Gasteiger partial charge in [0.2, 0.25) is 12.2 Å². The SMILES string of the molecule is CCc1ccc(C(NC(=O)Cn2cnc([N+](=O)[O-])n2)c2cccs2)cc1. The lowest BCUT2D eigenvalue weighted by molar-refractivity contribution is -0.394. The minimum Gasteiger partial charge on any atom is -0.390 e. The molecular formula is C17H17N5O3S. The van der Waals surface area contributed by atoms with Crippen molar-refractivity contribution < 1.29 is 9.72 Å². The van der Waals surface area contributed by atoms with Gasteiger partial charge in [-0.1, -0.05) is 42.2 Å². The highest BCUT2D eigenvalue weighted by Gasteiger charge is 2.20. The van der Waals surface area contributed by atoms with Crippen LogP contribution in [0.2, 0.25) is 0 Å². The number of rotatable bonds is 7. The summed E-state index contributed by atoms with van der Waals surface area (Å²) in [6.45, 7) is 1.95. The normalized spacial score (nSPS) is 11.9. The minimum absolute atomic E-state index is 0.143. The van der Waals surface area contributed by atoms with Gasteiger partial charge in [0.1, 0.15) is 6.54 Å². The topological polar surface area (TPSA) is 103 Å². The molecule has 3 rings (SSSR count). The highest BCUT2D eigenvalue weighted by atomic mass is 32.1. The second-order valence-corrected chi connectivity index (χ2v) is 6.59. The Hall–Kier alpha value is -3.07. The number of carbonyl (C=O) groups is 1. The van der Waals surface area contributed by atoms with Crippen molar-refractivity contribution in [2.75, 3.05) is 0 Å². The number of hydrogen-bond donors (Lipinski definition) is 1. The Morgan fingerprint density at radius 3 is 2.69 bits per heavy atom. The molecular weight excluding hydrogens is 354 g/mol. The number of nitrogens with one attached hydrogen (secondary N) is 1. The predicted octanol–water partition coefficient (Wildman–Crippen LogP) is 2.72. The lowest BCUT2D eigenvalue weighted by atomic mass is 10.0. The maximum absolute atomic E-state index is 12.4. The van der Waals surface area contributed by atoms with Gasteiger partial charge >= 0.3 is 5.95 Å². The van der Waals surface area contributed by atoms with Gasteiger partial charge in [0.25, 0.3) is 0 Å². The maximum atomic E-state index is 12.4. The van der Waals surface area contributed by atoms with Crippen LogP contribution in [0.15, 0.2) is 48.1 Å². The van der Waals surface area contributed by atoms with Gasteiger partial charge in [-0.05, 0) is 33.9 Å². The molecule has 8 nitrogen and oxygen atoms in total. The Morgan fingerprint density at radius 2 is 2.12 bits per heavy atom. The number of aromatic nitrogens is 3. The lowest BCUT2D eigenvalue weighted by Gasteiger charge is -2.18. The summed E-state index contributed by atoms with van der Waals surface area (Å²) in [6.07, 6.45) is 2.12. The number of aryl methyl sites for hydroxylation is 1. The summed E-state index contributed by atoms with van der Waals surface area (Å²) in [4.78, 5) is 26.9. The molecule has 0 radical (unpaired) electrons. The summed E-state index contributed by atoms with van der Waals surface area (Å²) in [7, 11) is 0. The molecule has 0 bridgehead atoms. The molecule has 1 atom stereocenters. The van der Waals surface area contributed by atoms with Crippen molar-refractivity contribution in [3.63, 3.8) is 0 Å². The summed E-state index contributed by atoms with van der Waals surface area (Å²) in [5, 5.41) is 19.2. The van der Waals surface area contributed by atoms with E-state index in [1.165, 1.54) is 11.9 Å². The Bertz CT molecular complexity index is 890. The largest absolute Gasteiger partial charge is 0.490 e. The zero-order chi connectivity index (χ0) is 18.5. The van der Waals surface area contributed by atoms with Gasteiger partial charge in [-0.25, -0.2) is 0 Å². The molecule has 26 heavy (non-hydrogen) atoms. The van der Waals surface area contributed by atoms with Crippen molar-refractivity contribution in [1.82, 2.24) is 20.1 Å². The molecule has 0 aliphatic carbocycles. The fraction of sp³-hybridized carbons (Fsp3) is 0.235. The maximum Gasteiger partial charge on any atom is 0.490 e. The van der Waals surface area contributed by atoms with Crippen LogP contribution < -0.4 is 5.32 Å². The van der Waals surface area contributed by atoms with Gasteiger partial charge in [-0.15, -0.1) is 11.3 Å². The van der Waals surface area contributed by atoms with Crippen molar-refractivity contribution in [1.29, 1.82) is 0 Å². The number of amides is 1. The van der Waals surface area contributed by atoms with Crippen LogP contribution in [-0.2, 0) is 17.8 Å². The average Bonchev–Trinajstić information content (AvgIpc) is 3.32. The minimum atomic E-state index is -0.696. The van der Waals surface area contributed by atoms with Gasteiger partial charge in [0.15, 0.2) is 0 Å². The first-order valence-corrected chi connectivity index (χ1v) is 8.90. The van der Waals surface area contributed by atoms with Crippen molar-refractivity contribution in [2.45, 2.75) is 25.9 Å². The Morgan fingerprint density at radius 1 is 1.35 bits per heavy atom. The number of nitro groups is 1. The molecule has 0 spiro atoms. The molecule has 0 fully saturated rings. The zero-order valence-corrected chi connectivity index (χ0v) is 14.8. The zero-order valence-electron chi connectivity index (χ0n) is 14.0. The van der Waals surface area contributed by atoms with E-state index in [9.17, 15) is 14.9 Å². The van der Waals surface area contributed by atoms with E-state index in [0.29, 0.717) is 0 Å². The van der Waals surface area contributed by atoms with Crippen molar-refractivity contribution in [3.05, 3.63) is 74.2 Å². The molecule has 1 aromatic carbocycles. The summed E-state index contributed by atoms with van der Waals surface area (Å²) in [5.74, 6) is -0.828. The van der Waals surface area contributed by atoms with E-state index in [1.807, 2.05) is 41.8 Å². The Labute approximate surface area is 153 Å². The number of benzene rings is 1. The lowest BCUT2D eigenvalue weighted by Crippen LogP contribution is -2.32. The van der Waals surface area contributed by atoms with E-state index in [0.717, 1.165) is 21.5 Å². The number of carbonyl (C=O) groups excluding carboxylic acids is 1. The van der Waals surface area contributed by atoms with Gasteiger partial charge in [0, 0.05) is 9.98 Å². The molecule has 0 aliphatic heterocycles. The first kappa shape index (κ1) is 17.7. The highest BCUT2D eigenvalue weighted by Crippen LogP contribution is 2.26. The fourth-order valence-corrected chi connectivity index (χ4v) is 3.32. The van der Waals surface area contributed by atoms with E-state index >= 15 is 0 Å². The quantitative estimate of drug-likeness (QED) is 0.508. The smallest absolute Gasteiger partial charge is 0.390 e. The summed E-state index contributed by atoms with van der Waals surface area (Å²) in [5.41, 5.74) is 2.20. The van der Waals surface area contributed by atoms with Crippen LogP contribution in [0, 0.1) is 10.1 Å². The molecule has 134 valence electrons. The van der Waals surface area contributed by atoms with Gasteiger partial charge in [0.05, 0.1) is 6.04 Å². The summed E-state index contributed by atoms with van der Waals surface area (Å²) >= 11 is 1.55. The molecule has 0 aliphatic rings. The van der Waals surface area contributed by atoms with E-state index in [4.69, 9.17) is 0 Å². The predicted molar refractivity (Wildman–Crippen MR) is 96.8 cm³/mol. The molecule has 2 aromatic heterocycles. The van der Waals surface area contributed by atoms with Gasteiger partial charge in [-0.2, -0.15) is 4.68 Å². The Kier molecular flexibility index (Phi) is 5.37. The van der Waals surface area contributed by atoms with Crippen LogP contribution in [0.3, 0.4) is 0 Å². The van der Waals surface area contributed by atoms with E-state index in [1.54, 1.807) is 11.3 Å². The van der Waals surface area contributed by atoms with Gasteiger partial charge in [-0.3, -0.25) is 4.79 Å². The standard InChI is InChI=1S/C17H17N5O3S/c1-2-12-5-7-13(8-6-12)16(14-4-3-9-26-14)19-15(23)10-21-11-18-17(20-21)22(24)25/h3-9,11,16H,2,10H2,1H3,(H,19,23). The van der Waals surface area contributed by atoms with Crippen LogP contribution in [0.5, 0.6) is 0 Å². The molecule has 1 N–H and O–H groups in total.